The van der Waals surface area contributed by atoms with Crippen LogP contribution in [-0.2, 0) is 28.8 Å². The first-order valence-electron chi connectivity index (χ1n) is 8.89. The molecule has 0 aromatic heterocycles. The molecule has 2 aliphatic heterocycles. The standard InChI is InChI=1S/C15H9BrN2O6S2.2C2H4O2/c16-6-1-2-8-7(3-6)11(13(23)17(8)4-9(19)20)12-14(24)18(5-10(21)22)15(25)26-12;2*1-2(3)4/h1-3H,4-5H2,(H,19,20)(H,21,22);2*1H3,(H,3,4)/b12-11-;;. The molecular weight excluding hydrogens is 560 g/mol. The third kappa shape index (κ3) is 7.64. The first-order valence-corrected chi connectivity index (χ1v) is 10.9. The molecule has 0 spiro atoms. The van der Waals surface area contributed by atoms with Crippen molar-refractivity contribution in [2.45, 2.75) is 13.8 Å². The fraction of sp³-hybridized carbons (Fsp3) is 0.211. The molecular formula is C19H17BrN2O10S2. The molecule has 4 N–H and O–H groups in total. The number of halogens is 1. The van der Waals surface area contributed by atoms with E-state index in [-0.39, 0.29) is 14.8 Å². The number of rotatable bonds is 4. The smallest absolute Gasteiger partial charge is 0.323 e. The van der Waals surface area contributed by atoms with Crippen LogP contribution in [0.3, 0.4) is 0 Å². The van der Waals surface area contributed by atoms with E-state index in [1.165, 1.54) is 0 Å². The molecule has 0 radical (unpaired) electrons. The van der Waals surface area contributed by atoms with Crippen LogP contribution in [0.2, 0.25) is 0 Å². The van der Waals surface area contributed by atoms with Crippen LogP contribution in [0, 0.1) is 0 Å². The average Bonchev–Trinajstić information content (AvgIpc) is 3.08. The Labute approximate surface area is 210 Å². The maximum Gasteiger partial charge on any atom is 0.323 e. The Hall–Kier alpha value is -3.30. The molecule has 2 aliphatic rings. The maximum atomic E-state index is 12.8. The van der Waals surface area contributed by atoms with Gasteiger partial charge in [0, 0.05) is 23.9 Å². The molecule has 1 aromatic rings. The Kier molecular flexibility index (Phi) is 10.3. The number of benzene rings is 1. The number of aliphatic carboxylic acids is 4. The van der Waals surface area contributed by atoms with Gasteiger partial charge in [-0.1, -0.05) is 39.9 Å². The summed E-state index contributed by atoms with van der Waals surface area (Å²) in [6.07, 6.45) is 0. The van der Waals surface area contributed by atoms with Crippen molar-refractivity contribution in [1.29, 1.82) is 0 Å². The highest BCUT2D eigenvalue weighted by molar-refractivity contribution is 9.10. The number of thioether (sulfide) groups is 1. The van der Waals surface area contributed by atoms with Gasteiger partial charge in [0.2, 0.25) is 0 Å². The van der Waals surface area contributed by atoms with Gasteiger partial charge in [-0.15, -0.1) is 0 Å². The van der Waals surface area contributed by atoms with Gasteiger partial charge < -0.3 is 20.4 Å². The molecule has 0 unspecified atom stereocenters. The molecule has 182 valence electrons. The predicted molar refractivity (Wildman–Crippen MR) is 127 cm³/mol. The van der Waals surface area contributed by atoms with Gasteiger partial charge in [0.15, 0.2) is 0 Å². The highest BCUT2D eigenvalue weighted by atomic mass is 79.9. The third-order valence-corrected chi connectivity index (χ3v) is 5.58. The second-order valence-electron chi connectivity index (χ2n) is 6.34. The summed E-state index contributed by atoms with van der Waals surface area (Å²) >= 11 is 9.17. The van der Waals surface area contributed by atoms with E-state index in [9.17, 15) is 19.2 Å². The monoisotopic (exact) mass is 576 g/mol. The number of carbonyl (C=O) groups excluding carboxylic acids is 2. The normalized spacial score (nSPS) is 16.3. The van der Waals surface area contributed by atoms with Gasteiger partial charge in [-0.25, -0.2) is 0 Å². The van der Waals surface area contributed by atoms with Gasteiger partial charge in [-0.2, -0.15) is 0 Å². The number of amides is 2. The minimum Gasteiger partial charge on any atom is -0.481 e. The molecule has 15 heteroatoms. The third-order valence-electron chi connectivity index (χ3n) is 3.64. The van der Waals surface area contributed by atoms with E-state index >= 15 is 0 Å². The fourth-order valence-electron chi connectivity index (χ4n) is 2.64. The molecule has 2 amide bonds. The lowest BCUT2D eigenvalue weighted by Crippen LogP contribution is -2.34. The van der Waals surface area contributed by atoms with Gasteiger partial charge >= 0.3 is 11.9 Å². The van der Waals surface area contributed by atoms with Crippen LogP contribution in [-0.4, -0.2) is 78.4 Å². The molecule has 2 heterocycles. The highest BCUT2D eigenvalue weighted by Gasteiger charge is 2.43. The zero-order valence-electron chi connectivity index (χ0n) is 17.5. The van der Waals surface area contributed by atoms with Crippen molar-refractivity contribution in [2.75, 3.05) is 18.0 Å². The second kappa shape index (κ2) is 12.2. The number of fused-ring (bicyclic) bond motifs is 1. The van der Waals surface area contributed by atoms with Crippen molar-refractivity contribution in [2.24, 2.45) is 0 Å². The van der Waals surface area contributed by atoms with E-state index in [1.54, 1.807) is 18.2 Å². The van der Waals surface area contributed by atoms with Crippen molar-refractivity contribution in [3.63, 3.8) is 0 Å². The Morgan fingerprint density at radius 2 is 1.38 bits per heavy atom. The summed E-state index contributed by atoms with van der Waals surface area (Å²) in [5.41, 5.74) is 0.772. The van der Waals surface area contributed by atoms with E-state index in [0.29, 0.717) is 15.7 Å². The van der Waals surface area contributed by atoms with Crippen LogP contribution in [0.1, 0.15) is 19.4 Å². The number of carboxylic acid groups (broad SMARTS) is 4. The van der Waals surface area contributed by atoms with Gasteiger partial charge in [0.1, 0.15) is 17.4 Å². The van der Waals surface area contributed by atoms with E-state index < -0.39 is 48.8 Å². The Morgan fingerprint density at radius 1 is 0.912 bits per heavy atom. The van der Waals surface area contributed by atoms with Gasteiger partial charge in [0.25, 0.3) is 23.8 Å². The summed E-state index contributed by atoms with van der Waals surface area (Å²) in [7, 11) is 0. The van der Waals surface area contributed by atoms with Crippen molar-refractivity contribution < 1.29 is 49.2 Å². The maximum absolute atomic E-state index is 12.8. The minimum atomic E-state index is -1.24. The van der Waals surface area contributed by atoms with Crippen LogP contribution in [0.5, 0.6) is 0 Å². The van der Waals surface area contributed by atoms with Crippen LogP contribution in [0.25, 0.3) is 5.57 Å². The van der Waals surface area contributed by atoms with E-state index in [0.717, 1.165) is 35.4 Å². The SMILES string of the molecule is CC(=O)O.CC(=O)O.O=C(O)CN1C(=O)/C(=C2/C(=O)N(CC(=O)O)c3ccc(Br)cc32)SC1=S. The molecule has 0 aliphatic carbocycles. The summed E-state index contributed by atoms with van der Waals surface area (Å²) < 4.78 is 0.667. The Morgan fingerprint density at radius 3 is 1.85 bits per heavy atom. The molecule has 0 bridgehead atoms. The van der Waals surface area contributed by atoms with Crippen molar-refractivity contribution in [3.05, 3.63) is 33.1 Å². The number of nitrogens with zero attached hydrogens (tertiary/aromatic N) is 2. The van der Waals surface area contributed by atoms with Crippen LogP contribution in [0.4, 0.5) is 5.69 Å². The summed E-state index contributed by atoms with van der Waals surface area (Å²) in [6, 6.07) is 4.83. The first kappa shape index (κ1) is 28.7. The van der Waals surface area contributed by atoms with Crippen molar-refractivity contribution in [1.82, 2.24) is 4.90 Å². The van der Waals surface area contributed by atoms with E-state index in [1.807, 2.05) is 0 Å². The van der Waals surface area contributed by atoms with E-state index in [4.69, 9.17) is 42.2 Å². The number of hydrogen-bond acceptors (Lipinski definition) is 8. The van der Waals surface area contributed by atoms with Gasteiger partial charge in [-0.05, 0) is 18.2 Å². The molecule has 1 aromatic carbocycles. The lowest BCUT2D eigenvalue weighted by molar-refractivity contribution is -0.140. The zero-order chi connectivity index (χ0) is 26.3. The molecule has 34 heavy (non-hydrogen) atoms. The molecule has 12 nitrogen and oxygen atoms in total. The number of carbonyl (C=O) groups is 6. The number of carboxylic acids is 4. The molecule has 1 saturated heterocycles. The van der Waals surface area contributed by atoms with Crippen molar-refractivity contribution in [3.8, 4) is 0 Å². The van der Waals surface area contributed by atoms with Gasteiger partial charge in [-0.3, -0.25) is 38.6 Å². The predicted octanol–water partition coefficient (Wildman–Crippen LogP) is 1.72. The van der Waals surface area contributed by atoms with Crippen LogP contribution < -0.4 is 4.90 Å². The second-order valence-corrected chi connectivity index (χ2v) is 8.90. The average molecular weight is 577 g/mol. The zero-order valence-corrected chi connectivity index (χ0v) is 20.7. The lowest BCUT2D eigenvalue weighted by Gasteiger charge is -2.14. The lowest BCUT2D eigenvalue weighted by atomic mass is 10.1. The Bertz CT molecular complexity index is 1100. The Balaban J connectivity index is 0.000000629. The number of thiocarbonyl (C=S) groups is 1. The van der Waals surface area contributed by atoms with Crippen LogP contribution in [0.15, 0.2) is 27.6 Å². The summed E-state index contributed by atoms with van der Waals surface area (Å²) in [5.74, 6) is -5.43. The van der Waals surface area contributed by atoms with E-state index in [2.05, 4.69) is 15.9 Å². The van der Waals surface area contributed by atoms with Crippen LogP contribution >= 0.6 is 39.9 Å². The number of anilines is 1. The quantitative estimate of drug-likeness (QED) is 0.300. The molecule has 0 saturated carbocycles. The summed E-state index contributed by atoms with van der Waals surface area (Å²) in [5, 5.41) is 32.8. The van der Waals surface area contributed by atoms with Crippen molar-refractivity contribution >= 4 is 91.2 Å². The van der Waals surface area contributed by atoms with Gasteiger partial charge in [0.05, 0.1) is 16.2 Å². The largest absolute Gasteiger partial charge is 0.481 e. The topological polar surface area (TPSA) is 190 Å². The fourth-order valence-corrected chi connectivity index (χ4v) is 4.32. The highest BCUT2D eigenvalue weighted by Crippen LogP contribution is 2.45. The molecule has 0 atom stereocenters. The summed E-state index contributed by atoms with van der Waals surface area (Å²) in [6.45, 7) is 0.992. The first-order chi connectivity index (χ1) is 15.7. The molecule has 1 fully saturated rings. The number of hydrogen-bond donors (Lipinski definition) is 4. The molecule has 3 rings (SSSR count). The minimum absolute atomic E-state index is 0.00603. The summed E-state index contributed by atoms with van der Waals surface area (Å²) in [4.78, 5) is 67.4.